The number of carbonyl (C=O) groups is 3. The Balaban J connectivity index is 1.47. The van der Waals surface area contributed by atoms with Crippen molar-refractivity contribution in [3.8, 4) is 17.2 Å². The van der Waals surface area contributed by atoms with Gasteiger partial charge in [-0.15, -0.1) is 0 Å². The summed E-state index contributed by atoms with van der Waals surface area (Å²) in [4.78, 5) is 36.2. The molecule has 35 heavy (non-hydrogen) atoms. The quantitative estimate of drug-likeness (QED) is 0.160. The van der Waals surface area contributed by atoms with Crippen LogP contribution in [0.4, 0.5) is 5.69 Å². The van der Waals surface area contributed by atoms with Crippen LogP contribution in [0.25, 0.3) is 0 Å². The zero-order chi connectivity index (χ0) is 25.0. The SMILES string of the molecule is CCOc1ccc(NC(=O)C(=O)NN=Cc2ccc(OC(=O)c3ccc(OCC)cc3)cc2)cc1. The molecule has 9 nitrogen and oxygen atoms in total. The monoisotopic (exact) mass is 475 g/mol. The van der Waals surface area contributed by atoms with Crippen LogP contribution >= 0.6 is 0 Å². The molecule has 3 rings (SSSR count). The molecule has 0 atom stereocenters. The molecule has 0 radical (unpaired) electrons. The van der Waals surface area contributed by atoms with Gasteiger partial charge in [0, 0.05) is 5.69 Å². The Bertz CT molecular complexity index is 1170. The van der Waals surface area contributed by atoms with Crippen LogP contribution in [0.2, 0.25) is 0 Å². The molecule has 0 heterocycles. The lowest BCUT2D eigenvalue weighted by Crippen LogP contribution is -2.32. The van der Waals surface area contributed by atoms with Crippen molar-refractivity contribution in [2.24, 2.45) is 5.10 Å². The number of nitrogens with zero attached hydrogens (tertiary/aromatic N) is 1. The van der Waals surface area contributed by atoms with E-state index in [0.29, 0.717) is 47.3 Å². The number of esters is 1. The first kappa shape index (κ1) is 25.0. The van der Waals surface area contributed by atoms with Gasteiger partial charge in [-0.2, -0.15) is 5.10 Å². The summed E-state index contributed by atoms with van der Waals surface area (Å²) in [6.07, 6.45) is 1.36. The molecular formula is C26H25N3O6. The van der Waals surface area contributed by atoms with Crippen LogP contribution in [0.5, 0.6) is 17.2 Å². The molecule has 0 saturated heterocycles. The number of amides is 2. The average molecular weight is 476 g/mol. The molecule has 0 fully saturated rings. The van der Waals surface area contributed by atoms with Gasteiger partial charge in [0.25, 0.3) is 0 Å². The van der Waals surface area contributed by atoms with Crippen molar-refractivity contribution in [3.05, 3.63) is 83.9 Å². The van der Waals surface area contributed by atoms with E-state index in [1.54, 1.807) is 72.8 Å². The zero-order valence-corrected chi connectivity index (χ0v) is 19.3. The van der Waals surface area contributed by atoms with Crippen molar-refractivity contribution >= 4 is 29.7 Å². The van der Waals surface area contributed by atoms with E-state index in [0.717, 1.165) is 0 Å². The summed E-state index contributed by atoms with van der Waals surface area (Å²) in [6.45, 7) is 4.82. The first-order chi connectivity index (χ1) is 17.0. The molecule has 9 heteroatoms. The Morgan fingerprint density at radius 2 is 1.29 bits per heavy atom. The number of nitrogens with one attached hydrogen (secondary N) is 2. The predicted octanol–water partition coefficient (Wildman–Crippen LogP) is 3.79. The Hall–Kier alpha value is -4.66. The van der Waals surface area contributed by atoms with Crippen LogP contribution in [0.1, 0.15) is 29.8 Å². The van der Waals surface area contributed by atoms with Crippen molar-refractivity contribution < 1.29 is 28.6 Å². The van der Waals surface area contributed by atoms with Crippen LogP contribution in [-0.4, -0.2) is 37.2 Å². The molecule has 3 aromatic carbocycles. The maximum atomic E-state index is 12.3. The van der Waals surface area contributed by atoms with E-state index in [9.17, 15) is 14.4 Å². The van der Waals surface area contributed by atoms with Crippen LogP contribution in [0.15, 0.2) is 77.9 Å². The summed E-state index contributed by atoms with van der Waals surface area (Å²) in [5, 5.41) is 6.25. The molecule has 0 unspecified atom stereocenters. The smallest absolute Gasteiger partial charge is 0.343 e. The molecule has 0 bridgehead atoms. The van der Waals surface area contributed by atoms with E-state index in [2.05, 4.69) is 15.8 Å². The van der Waals surface area contributed by atoms with Crippen molar-refractivity contribution in [2.45, 2.75) is 13.8 Å². The van der Waals surface area contributed by atoms with Gasteiger partial charge in [0.1, 0.15) is 17.2 Å². The topological polar surface area (TPSA) is 115 Å². The van der Waals surface area contributed by atoms with Gasteiger partial charge in [0.2, 0.25) is 0 Å². The first-order valence-corrected chi connectivity index (χ1v) is 10.9. The minimum Gasteiger partial charge on any atom is -0.494 e. The molecule has 0 aromatic heterocycles. The van der Waals surface area contributed by atoms with Crippen LogP contribution < -0.4 is 25.0 Å². The van der Waals surface area contributed by atoms with Crippen LogP contribution in [-0.2, 0) is 9.59 Å². The number of benzene rings is 3. The summed E-state index contributed by atoms with van der Waals surface area (Å²) in [5.41, 5.74) is 3.63. The van der Waals surface area contributed by atoms with Gasteiger partial charge in [-0.3, -0.25) is 9.59 Å². The molecule has 2 amide bonds. The van der Waals surface area contributed by atoms with Crippen LogP contribution in [0, 0.1) is 0 Å². The number of anilines is 1. The number of hydrazone groups is 1. The predicted molar refractivity (Wildman–Crippen MR) is 131 cm³/mol. The highest BCUT2D eigenvalue weighted by Crippen LogP contribution is 2.17. The number of hydrogen-bond donors (Lipinski definition) is 2. The third-order valence-corrected chi connectivity index (χ3v) is 4.50. The second-order valence-electron chi connectivity index (χ2n) is 7.03. The lowest BCUT2D eigenvalue weighted by atomic mass is 10.2. The highest BCUT2D eigenvalue weighted by atomic mass is 16.5. The third kappa shape index (κ3) is 7.71. The van der Waals surface area contributed by atoms with Crippen molar-refractivity contribution in [2.75, 3.05) is 18.5 Å². The summed E-state index contributed by atoms with van der Waals surface area (Å²) < 4.78 is 16.0. The summed E-state index contributed by atoms with van der Waals surface area (Å²) >= 11 is 0. The largest absolute Gasteiger partial charge is 0.494 e. The molecule has 0 aliphatic rings. The van der Waals surface area contributed by atoms with Gasteiger partial charge in [-0.1, -0.05) is 0 Å². The Morgan fingerprint density at radius 1 is 0.743 bits per heavy atom. The molecule has 0 saturated carbocycles. The fourth-order valence-corrected chi connectivity index (χ4v) is 2.85. The molecule has 0 aliphatic heterocycles. The van der Waals surface area contributed by atoms with Gasteiger partial charge >= 0.3 is 17.8 Å². The minimum absolute atomic E-state index is 0.347. The minimum atomic E-state index is -0.920. The molecule has 180 valence electrons. The molecular weight excluding hydrogens is 450 g/mol. The highest BCUT2D eigenvalue weighted by molar-refractivity contribution is 6.39. The van der Waals surface area contributed by atoms with E-state index < -0.39 is 17.8 Å². The Morgan fingerprint density at radius 3 is 1.86 bits per heavy atom. The van der Waals surface area contributed by atoms with Crippen molar-refractivity contribution in [3.63, 3.8) is 0 Å². The van der Waals surface area contributed by atoms with Gasteiger partial charge < -0.3 is 19.5 Å². The van der Waals surface area contributed by atoms with E-state index >= 15 is 0 Å². The molecule has 0 aliphatic carbocycles. The number of ether oxygens (including phenoxy) is 3. The normalized spacial score (nSPS) is 10.5. The van der Waals surface area contributed by atoms with Gasteiger partial charge in [-0.25, -0.2) is 10.2 Å². The lowest BCUT2D eigenvalue weighted by Gasteiger charge is -2.06. The molecule has 2 N–H and O–H groups in total. The zero-order valence-electron chi connectivity index (χ0n) is 19.3. The Kier molecular flexibility index (Phi) is 8.95. The number of rotatable bonds is 9. The van der Waals surface area contributed by atoms with Crippen molar-refractivity contribution in [1.29, 1.82) is 0 Å². The van der Waals surface area contributed by atoms with Crippen LogP contribution in [0.3, 0.4) is 0 Å². The van der Waals surface area contributed by atoms with E-state index in [1.807, 2.05) is 13.8 Å². The van der Waals surface area contributed by atoms with Gasteiger partial charge in [0.05, 0.1) is 25.0 Å². The molecule has 3 aromatic rings. The summed E-state index contributed by atoms with van der Waals surface area (Å²) in [5.74, 6) is -0.594. The highest BCUT2D eigenvalue weighted by Gasteiger charge is 2.13. The maximum absolute atomic E-state index is 12.3. The third-order valence-electron chi connectivity index (χ3n) is 4.50. The summed E-state index contributed by atoms with van der Waals surface area (Å²) in [6, 6.07) is 19.8. The standard InChI is InChI=1S/C26H25N3O6/c1-3-33-21-13-7-19(8-14-21)26(32)35-23-11-5-18(6-12-23)17-27-29-25(31)24(30)28-20-9-15-22(16-10-20)34-4-2/h5-17H,3-4H2,1-2H3,(H,28,30)(H,29,31). The Labute approximate surface area is 202 Å². The maximum Gasteiger partial charge on any atom is 0.343 e. The van der Waals surface area contributed by atoms with E-state index in [1.165, 1.54) is 6.21 Å². The van der Waals surface area contributed by atoms with Gasteiger partial charge in [-0.05, 0) is 92.2 Å². The summed E-state index contributed by atoms with van der Waals surface area (Å²) in [7, 11) is 0. The van der Waals surface area contributed by atoms with E-state index in [4.69, 9.17) is 14.2 Å². The fraction of sp³-hybridized carbons (Fsp3) is 0.154. The van der Waals surface area contributed by atoms with Crippen molar-refractivity contribution in [1.82, 2.24) is 5.43 Å². The van der Waals surface area contributed by atoms with E-state index in [-0.39, 0.29) is 0 Å². The second kappa shape index (κ2) is 12.5. The first-order valence-electron chi connectivity index (χ1n) is 10.9. The fourth-order valence-electron chi connectivity index (χ4n) is 2.85. The van der Waals surface area contributed by atoms with Gasteiger partial charge in [0.15, 0.2) is 0 Å². The number of hydrogen-bond acceptors (Lipinski definition) is 7. The lowest BCUT2D eigenvalue weighted by molar-refractivity contribution is -0.136. The molecule has 0 spiro atoms. The number of carbonyl (C=O) groups excluding carboxylic acids is 3. The second-order valence-corrected chi connectivity index (χ2v) is 7.03. The average Bonchev–Trinajstić information content (AvgIpc) is 2.87.